The SMILES string of the molecule is Cc1cc(C(=O)N2CCC(c3ncc(C)n3CCO)CC2)n(C)n1. The van der Waals surface area contributed by atoms with Crippen LogP contribution in [0.15, 0.2) is 12.3 Å². The first-order valence-corrected chi connectivity index (χ1v) is 8.44. The molecule has 0 bridgehead atoms. The molecule has 1 aliphatic rings. The maximum absolute atomic E-state index is 12.7. The molecule has 0 saturated carbocycles. The zero-order valence-electron chi connectivity index (χ0n) is 14.6. The second-order valence-electron chi connectivity index (χ2n) is 6.49. The lowest BCUT2D eigenvalue weighted by Gasteiger charge is -2.32. The quantitative estimate of drug-likeness (QED) is 0.915. The van der Waals surface area contributed by atoms with Gasteiger partial charge in [0.25, 0.3) is 5.91 Å². The second-order valence-corrected chi connectivity index (χ2v) is 6.49. The van der Waals surface area contributed by atoms with Crippen molar-refractivity contribution in [1.29, 1.82) is 0 Å². The molecule has 0 aromatic carbocycles. The van der Waals surface area contributed by atoms with Crippen molar-refractivity contribution in [2.45, 2.75) is 39.2 Å². The molecule has 0 spiro atoms. The van der Waals surface area contributed by atoms with Crippen molar-refractivity contribution in [1.82, 2.24) is 24.2 Å². The third kappa shape index (κ3) is 3.08. The zero-order chi connectivity index (χ0) is 17.3. The molecule has 3 rings (SSSR count). The lowest BCUT2D eigenvalue weighted by Crippen LogP contribution is -2.39. The van der Waals surface area contributed by atoms with E-state index >= 15 is 0 Å². The fraction of sp³-hybridized carbons (Fsp3) is 0.588. The minimum atomic E-state index is 0.0476. The Balaban J connectivity index is 1.68. The second kappa shape index (κ2) is 6.76. The lowest BCUT2D eigenvalue weighted by molar-refractivity contribution is 0.0699. The number of nitrogens with zero attached hydrogens (tertiary/aromatic N) is 5. The predicted octanol–water partition coefficient (Wildman–Crippen LogP) is 1.25. The standard InChI is InChI=1S/C17H25N5O2/c1-12-10-15(20(3)19-12)17(24)21-6-4-14(5-7-21)16-18-11-13(2)22(16)8-9-23/h10-11,14,23H,4-9H2,1-3H3. The van der Waals surface area contributed by atoms with E-state index in [2.05, 4.69) is 14.6 Å². The van der Waals surface area contributed by atoms with E-state index in [1.807, 2.05) is 38.1 Å². The fourth-order valence-corrected chi connectivity index (χ4v) is 3.51. The number of hydrogen-bond acceptors (Lipinski definition) is 4. The molecule has 0 aliphatic carbocycles. The van der Waals surface area contributed by atoms with Crippen molar-refractivity contribution >= 4 is 5.91 Å². The van der Waals surface area contributed by atoms with Crippen LogP contribution >= 0.6 is 0 Å². The molecular formula is C17H25N5O2. The van der Waals surface area contributed by atoms with Crippen LogP contribution in [0.2, 0.25) is 0 Å². The predicted molar refractivity (Wildman–Crippen MR) is 89.9 cm³/mol. The van der Waals surface area contributed by atoms with Crippen LogP contribution in [0.5, 0.6) is 0 Å². The number of piperidine rings is 1. The summed E-state index contributed by atoms with van der Waals surface area (Å²) < 4.78 is 3.74. The molecule has 1 amide bonds. The molecule has 2 aromatic heterocycles. The van der Waals surface area contributed by atoms with Crippen LogP contribution < -0.4 is 0 Å². The number of aliphatic hydroxyl groups is 1. The Labute approximate surface area is 141 Å². The van der Waals surface area contributed by atoms with E-state index in [1.165, 1.54) is 0 Å². The molecular weight excluding hydrogens is 306 g/mol. The van der Waals surface area contributed by atoms with E-state index in [9.17, 15) is 9.90 Å². The van der Waals surface area contributed by atoms with Gasteiger partial charge in [0.15, 0.2) is 0 Å². The van der Waals surface area contributed by atoms with Crippen molar-refractivity contribution in [3.05, 3.63) is 35.2 Å². The molecule has 7 nitrogen and oxygen atoms in total. The average molecular weight is 331 g/mol. The molecule has 1 aliphatic heterocycles. The molecule has 130 valence electrons. The van der Waals surface area contributed by atoms with Crippen molar-refractivity contribution in [2.24, 2.45) is 7.05 Å². The van der Waals surface area contributed by atoms with Crippen LogP contribution in [0.3, 0.4) is 0 Å². The van der Waals surface area contributed by atoms with Gasteiger partial charge in [-0.25, -0.2) is 4.98 Å². The van der Waals surface area contributed by atoms with Crippen molar-refractivity contribution in [2.75, 3.05) is 19.7 Å². The summed E-state index contributed by atoms with van der Waals surface area (Å²) in [5.74, 6) is 1.42. The van der Waals surface area contributed by atoms with Gasteiger partial charge in [0, 0.05) is 44.5 Å². The number of hydrogen-bond donors (Lipinski definition) is 1. The lowest BCUT2D eigenvalue weighted by atomic mass is 9.95. The minimum Gasteiger partial charge on any atom is -0.395 e. The Morgan fingerprint density at radius 2 is 2.04 bits per heavy atom. The van der Waals surface area contributed by atoms with Crippen molar-refractivity contribution < 1.29 is 9.90 Å². The van der Waals surface area contributed by atoms with Gasteiger partial charge >= 0.3 is 0 Å². The largest absolute Gasteiger partial charge is 0.395 e. The van der Waals surface area contributed by atoms with Gasteiger partial charge < -0.3 is 14.6 Å². The number of aliphatic hydroxyl groups excluding tert-OH is 1. The molecule has 24 heavy (non-hydrogen) atoms. The smallest absolute Gasteiger partial charge is 0.272 e. The first-order valence-electron chi connectivity index (χ1n) is 8.44. The van der Waals surface area contributed by atoms with E-state index in [0.717, 1.165) is 43.1 Å². The Morgan fingerprint density at radius 1 is 1.33 bits per heavy atom. The summed E-state index contributed by atoms with van der Waals surface area (Å²) in [7, 11) is 1.81. The normalized spacial score (nSPS) is 15.9. The first kappa shape index (κ1) is 16.7. The summed E-state index contributed by atoms with van der Waals surface area (Å²) in [4.78, 5) is 19.1. The van der Waals surface area contributed by atoms with E-state index in [4.69, 9.17) is 0 Å². The Kier molecular flexibility index (Phi) is 4.71. The molecule has 1 saturated heterocycles. The molecule has 0 radical (unpaired) electrons. The highest BCUT2D eigenvalue weighted by Gasteiger charge is 2.28. The average Bonchev–Trinajstić information content (AvgIpc) is 3.10. The Bertz CT molecular complexity index is 725. The highest BCUT2D eigenvalue weighted by molar-refractivity contribution is 5.92. The third-order valence-electron chi connectivity index (χ3n) is 4.78. The topological polar surface area (TPSA) is 76.2 Å². The van der Waals surface area contributed by atoms with Crippen LogP contribution in [-0.2, 0) is 13.6 Å². The third-order valence-corrected chi connectivity index (χ3v) is 4.78. The minimum absolute atomic E-state index is 0.0476. The number of aromatic nitrogens is 4. The Hall–Kier alpha value is -2.15. The molecule has 0 unspecified atom stereocenters. The fourth-order valence-electron chi connectivity index (χ4n) is 3.51. The van der Waals surface area contributed by atoms with E-state index in [0.29, 0.717) is 18.2 Å². The molecule has 0 atom stereocenters. The number of amides is 1. The monoisotopic (exact) mass is 331 g/mol. The summed E-state index contributed by atoms with van der Waals surface area (Å²) >= 11 is 0. The Morgan fingerprint density at radius 3 is 2.62 bits per heavy atom. The number of rotatable bonds is 4. The van der Waals surface area contributed by atoms with Crippen molar-refractivity contribution in [3.8, 4) is 0 Å². The van der Waals surface area contributed by atoms with Crippen LogP contribution in [0.4, 0.5) is 0 Å². The maximum Gasteiger partial charge on any atom is 0.272 e. The van der Waals surface area contributed by atoms with E-state index in [-0.39, 0.29) is 12.5 Å². The molecule has 7 heteroatoms. The number of aryl methyl sites for hydroxylation is 3. The summed E-state index contributed by atoms with van der Waals surface area (Å²) in [6.45, 7) is 6.04. The van der Waals surface area contributed by atoms with Gasteiger partial charge in [0.05, 0.1) is 12.3 Å². The zero-order valence-corrected chi connectivity index (χ0v) is 14.6. The highest BCUT2D eigenvalue weighted by atomic mass is 16.3. The number of likely N-dealkylation sites (tertiary alicyclic amines) is 1. The van der Waals surface area contributed by atoms with E-state index in [1.54, 1.807) is 4.68 Å². The number of carbonyl (C=O) groups excluding carboxylic acids is 1. The molecule has 1 N–H and O–H groups in total. The summed E-state index contributed by atoms with van der Waals surface area (Å²) in [5, 5.41) is 13.5. The number of imidazole rings is 1. The van der Waals surface area contributed by atoms with Gasteiger partial charge in [0.1, 0.15) is 11.5 Å². The van der Waals surface area contributed by atoms with Gasteiger partial charge in [0.2, 0.25) is 0 Å². The van der Waals surface area contributed by atoms with E-state index < -0.39 is 0 Å². The van der Waals surface area contributed by atoms with Gasteiger partial charge in [-0.05, 0) is 32.8 Å². The van der Waals surface area contributed by atoms with Gasteiger partial charge in [-0.1, -0.05) is 0 Å². The van der Waals surface area contributed by atoms with Gasteiger partial charge in [-0.2, -0.15) is 5.10 Å². The van der Waals surface area contributed by atoms with Crippen LogP contribution in [0.1, 0.15) is 46.5 Å². The molecule has 1 fully saturated rings. The first-order chi connectivity index (χ1) is 11.5. The highest BCUT2D eigenvalue weighted by Crippen LogP contribution is 2.28. The summed E-state index contributed by atoms with van der Waals surface area (Å²) in [6.07, 6.45) is 3.65. The van der Waals surface area contributed by atoms with Crippen LogP contribution in [0, 0.1) is 13.8 Å². The van der Waals surface area contributed by atoms with Gasteiger partial charge in [-0.15, -0.1) is 0 Å². The summed E-state index contributed by atoms with van der Waals surface area (Å²) in [5.41, 5.74) is 2.57. The van der Waals surface area contributed by atoms with Gasteiger partial charge in [-0.3, -0.25) is 9.48 Å². The van der Waals surface area contributed by atoms with Crippen LogP contribution in [-0.4, -0.2) is 54.9 Å². The number of carbonyl (C=O) groups is 1. The summed E-state index contributed by atoms with van der Waals surface area (Å²) in [6, 6.07) is 1.84. The van der Waals surface area contributed by atoms with Crippen molar-refractivity contribution in [3.63, 3.8) is 0 Å². The maximum atomic E-state index is 12.7. The van der Waals surface area contributed by atoms with Crippen LogP contribution in [0.25, 0.3) is 0 Å². The molecule has 3 heterocycles. The molecule has 2 aromatic rings.